The molecule has 11 heteroatoms. The first-order valence-electron chi connectivity index (χ1n) is 21.7. The number of phosphoric acid groups is 1. The van der Waals surface area contributed by atoms with Crippen LogP contribution >= 0.6 is 7.82 Å². The number of hydrogen-bond acceptors (Lipinski definition) is 9. The van der Waals surface area contributed by atoms with Crippen molar-refractivity contribution in [2.75, 3.05) is 47.5 Å². The van der Waals surface area contributed by atoms with Crippen molar-refractivity contribution in [1.82, 2.24) is 0 Å². The average molecular weight is 844 g/mol. The van der Waals surface area contributed by atoms with Gasteiger partial charge in [0.25, 0.3) is 7.82 Å². The molecule has 3 atom stereocenters. The third-order valence-electron chi connectivity index (χ3n) is 8.37. The minimum absolute atomic E-state index is 0.0643. The van der Waals surface area contributed by atoms with E-state index in [1.54, 1.807) is 6.08 Å². The van der Waals surface area contributed by atoms with Crippen LogP contribution in [0.1, 0.15) is 123 Å². The first kappa shape index (κ1) is 55.6. The third-order valence-corrected chi connectivity index (χ3v) is 9.33. The monoisotopic (exact) mass is 844 g/mol. The number of rotatable bonds is 37. The summed E-state index contributed by atoms with van der Waals surface area (Å²) in [5.74, 6) is -1.02. The Balaban J connectivity index is 4.63. The van der Waals surface area contributed by atoms with Crippen molar-refractivity contribution in [2.45, 2.75) is 135 Å². The molecule has 10 nitrogen and oxygen atoms in total. The smallest absolute Gasteiger partial charge is 0.306 e. The number of esters is 2. The first-order valence-corrected chi connectivity index (χ1v) is 23.2. The number of allylic oxidation sites excluding steroid dienone is 16. The molecular weight excluding hydrogens is 765 g/mol. The molecule has 2 unspecified atom stereocenters. The van der Waals surface area contributed by atoms with Gasteiger partial charge < -0.3 is 33.0 Å². The predicted molar refractivity (Wildman–Crippen MR) is 241 cm³/mol. The number of likely N-dealkylation sites (N-methyl/N-ethyl adjacent to an activating group) is 1. The maximum atomic E-state index is 12.6. The van der Waals surface area contributed by atoms with Crippen LogP contribution in [-0.2, 0) is 32.7 Å². The van der Waals surface area contributed by atoms with Gasteiger partial charge in [0.2, 0.25) is 0 Å². The Bertz CT molecular complexity index is 1380. The number of aliphatic hydroxyl groups excluding tert-OH is 1. The van der Waals surface area contributed by atoms with Crippen molar-refractivity contribution >= 4 is 19.8 Å². The SMILES string of the molecule is CC/C=C\C/C=C\CC(O)/C=C/C=C\C/C=C\C/C=C\CCC(=O)OC[C@H](COP(=O)([O-])OCC[N+](C)(C)C)OC(=O)CCCC/C=C\C/C=C\C/C=C\CCCCC. The van der Waals surface area contributed by atoms with Gasteiger partial charge in [0.1, 0.15) is 19.8 Å². The van der Waals surface area contributed by atoms with E-state index in [2.05, 4.69) is 68.5 Å². The second-order valence-electron chi connectivity index (χ2n) is 15.2. The van der Waals surface area contributed by atoms with E-state index in [0.29, 0.717) is 36.7 Å². The van der Waals surface area contributed by atoms with Crippen molar-refractivity contribution in [2.24, 2.45) is 0 Å². The number of ether oxygens (including phenoxy) is 2. The van der Waals surface area contributed by atoms with Crippen LogP contribution < -0.4 is 4.89 Å². The lowest BCUT2D eigenvalue weighted by Gasteiger charge is -2.28. The second-order valence-corrected chi connectivity index (χ2v) is 16.6. The summed E-state index contributed by atoms with van der Waals surface area (Å²) in [6, 6.07) is 0. The minimum atomic E-state index is -4.67. The molecular formula is C48H78NO9P. The van der Waals surface area contributed by atoms with E-state index in [1.165, 1.54) is 19.3 Å². The van der Waals surface area contributed by atoms with E-state index >= 15 is 0 Å². The molecule has 0 aromatic rings. The fraction of sp³-hybridized carbons (Fsp3) is 0.583. The van der Waals surface area contributed by atoms with Crippen LogP contribution in [0.15, 0.2) is 109 Å². The van der Waals surface area contributed by atoms with Gasteiger partial charge in [0.15, 0.2) is 6.10 Å². The summed E-state index contributed by atoms with van der Waals surface area (Å²) in [6.07, 6.45) is 48.8. The van der Waals surface area contributed by atoms with Crippen LogP contribution in [0.2, 0.25) is 0 Å². The lowest BCUT2D eigenvalue weighted by molar-refractivity contribution is -0.870. The Morgan fingerprint density at radius 2 is 1.20 bits per heavy atom. The Morgan fingerprint density at radius 3 is 1.81 bits per heavy atom. The number of carbonyl (C=O) groups excluding carboxylic acids is 2. The second kappa shape index (κ2) is 38.8. The summed E-state index contributed by atoms with van der Waals surface area (Å²) in [7, 11) is 1.05. The van der Waals surface area contributed by atoms with Gasteiger partial charge in [-0.25, -0.2) is 0 Å². The molecule has 0 heterocycles. The number of nitrogens with zero attached hydrogens (tertiary/aromatic N) is 1. The molecule has 0 aromatic heterocycles. The Morgan fingerprint density at radius 1 is 0.644 bits per heavy atom. The fourth-order valence-electron chi connectivity index (χ4n) is 4.94. The summed E-state index contributed by atoms with van der Waals surface area (Å²) in [5, 5.41) is 10.0. The van der Waals surface area contributed by atoms with Gasteiger partial charge in [-0.15, -0.1) is 0 Å². The summed E-state index contributed by atoms with van der Waals surface area (Å²) in [6.45, 7) is 3.83. The topological polar surface area (TPSA) is 131 Å². The molecule has 0 aliphatic rings. The van der Waals surface area contributed by atoms with Crippen LogP contribution in [0.3, 0.4) is 0 Å². The van der Waals surface area contributed by atoms with E-state index in [4.69, 9.17) is 18.5 Å². The van der Waals surface area contributed by atoms with E-state index in [1.807, 2.05) is 69.8 Å². The number of phosphoric ester groups is 1. The zero-order chi connectivity index (χ0) is 43.7. The van der Waals surface area contributed by atoms with Crippen LogP contribution in [-0.4, -0.2) is 81.2 Å². The fourth-order valence-corrected chi connectivity index (χ4v) is 5.67. The zero-order valence-electron chi connectivity index (χ0n) is 37.0. The molecule has 0 amide bonds. The number of unbranched alkanes of at least 4 members (excludes halogenated alkanes) is 5. The minimum Gasteiger partial charge on any atom is -0.756 e. The molecule has 0 aliphatic heterocycles. The van der Waals surface area contributed by atoms with Crippen molar-refractivity contribution < 1.29 is 47.2 Å². The Labute approximate surface area is 358 Å². The molecule has 59 heavy (non-hydrogen) atoms. The Hall–Kier alpha value is -3.37. The standard InChI is InChI=1S/C48H78NO9P/c1-6-8-10-12-14-15-16-17-18-19-20-25-28-32-36-40-48(52)58-46(44-57-59(53,54)56-42-41-49(3,4)5)43-55-47(51)39-35-31-27-24-22-21-23-26-30-34-38-45(50)37-33-29-13-11-9-7-2/h9,11,14-15,17-18,20-22,25-27,29-31,33-34,38,45-46,50H,6-8,10,12-13,16,19,23-24,28,32,35-37,39-44H2,1-5H3/b11-9-,15-14-,18-17-,22-21-,25-20-,30-26-,31-27-,33-29-,38-34+/t45?,46-/m1/s1. The van der Waals surface area contributed by atoms with Gasteiger partial charge in [0, 0.05) is 12.8 Å². The highest BCUT2D eigenvalue weighted by molar-refractivity contribution is 7.45. The van der Waals surface area contributed by atoms with Gasteiger partial charge in [-0.1, -0.05) is 136 Å². The Kier molecular flexibility index (Phi) is 36.6. The molecule has 0 radical (unpaired) electrons. The third kappa shape index (κ3) is 42.6. The highest BCUT2D eigenvalue weighted by atomic mass is 31.2. The van der Waals surface area contributed by atoms with Gasteiger partial charge in [0.05, 0.1) is 33.9 Å². The summed E-state index contributed by atoms with van der Waals surface area (Å²) in [4.78, 5) is 37.5. The van der Waals surface area contributed by atoms with Gasteiger partial charge >= 0.3 is 11.9 Å². The molecule has 0 aromatic carbocycles. The maximum absolute atomic E-state index is 12.6. The van der Waals surface area contributed by atoms with Crippen molar-refractivity contribution in [3.05, 3.63) is 109 Å². The number of hydrogen-bond donors (Lipinski definition) is 1. The summed E-state index contributed by atoms with van der Waals surface area (Å²) < 4.78 is 33.7. The van der Waals surface area contributed by atoms with Crippen LogP contribution in [0.5, 0.6) is 0 Å². The van der Waals surface area contributed by atoms with Crippen LogP contribution in [0.4, 0.5) is 0 Å². The van der Waals surface area contributed by atoms with Crippen LogP contribution in [0.25, 0.3) is 0 Å². The first-order chi connectivity index (χ1) is 28.4. The normalized spacial score (nSPS) is 15.2. The molecule has 0 spiro atoms. The average Bonchev–Trinajstić information content (AvgIpc) is 3.18. The van der Waals surface area contributed by atoms with Gasteiger partial charge in [-0.2, -0.15) is 0 Å². The van der Waals surface area contributed by atoms with E-state index in [9.17, 15) is 24.2 Å². The maximum Gasteiger partial charge on any atom is 0.306 e. The predicted octanol–water partition coefficient (Wildman–Crippen LogP) is 10.7. The van der Waals surface area contributed by atoms with E-state index < -0.39 is 38.6 Å². The van der Waals surface area contributed by atoms with Crippen molar-refractivity contribution in [3.8, 4) is 0 Å². The number of aliphatic hydroxyl groups is 1. The van der Waals surface area contributed by atoms with Gasteiger partial charge in [-0.05, 0) is 83.5 Å². The zero-order valence-corrected chi connectivity index (χ0v) is 37.9. The number of carbonyl (C=O) groups is 2. The van der Waals surface area contributed by atoms with E-state index in [0.717, 1.165) is 51.4 Å². The molecule has 0 saturated heterocycles. The molecule has 0 rings (SSSR count). The quantitative estimate of drug-likeness (QED) is 0.0162. The molecule has 334 valence electrons. The van der Waals surface area contributed by atoms with E-state index in [-0.39, 0.29) is 26.1 Å². The molecule has 0 saturated carbocycles. The highest BCUT2D eigenvalue weighted by Crippen LogP contribution is 2.38. The molecule has 0 fully saturated rings. The van der Waals surface area contributed by atoms with Crippen molar-refractivity contribution in [1.29, 1.82) is 0 Å². The van der Waals surface area contributed by atoms with Crippen LogP contribution in [0, 0.1) is 0 Å². The highest BCUT2D eigenvalue weighted by Gasteiger charge is 2.21. The largest absolute Gasteiger partial charge is 0.756 e. The molecule has 0 aliphatic carbocycles. The molecule has 0 bridgehead atoms. The van der Waals surface area contributed by atoms with Gasteiger partial charge in [-0.3, -0.25) is 14.2 Å². The molecule has 1 N–H and O–H groups in total. The summed E-state index contributed by atoms with van der Waals surface area (Å²) >= 11 is 0. The summed E-state index contributed by atoms with van der Waals surface area (Å²) in [5.41, 5.74) is 0. The lowest BCUT2D eigenvalue weighted by atomic mass is 10.1. The number of quaternary nitrogens is 1. The lowest BCUT2D eigenvalue weighted by Crippen LogP contribution is -2.37. The van der Waals surface area contributed by atoms with Crippen molar-refractivity contribution in [3.63, 3.8) is 0 Å².